The second kappa shape index (κ2) is 5.40. The van der Waals surface area contributed by atoms with Gasteiger partial charge in [-0.2, -0.15) is 13.9 Å². The highest BCUT2D eigenvalue weighted by Gasteiger charge is 2.46. The number of aliphatic hydroxyl groups is 1. The van der Waals surface area contributed by atoms with Gasteiger partial charge in [-0.25, -0.2) is 4.79 Å². The van der Waals surface area contributed by atoms with Crippen molar-refractivity contribution in [3.05, 3.63) is 17.0 Å². The van der Waals surface area contributed by atoms with Crippen LogP contribution in [0.15, 0.2) is 0 Å². The fourth-order valence-electron chi connectivity index (χ4n) is 3.74. The van der Waals surface area contributed by atoms with Gasteiger partial charge in [0, 0.05) is 36.9 Å². The Bertz CT molecular complexity index is 666. The number of aromatic nitrogens is 2. The fourth-order valence-corrected chi connectivity index (χ4v) is 3.74. The monoisotopic (exact) mass is 343 g/mol. The zero-order chi connectivity index (χ0) is 17.9. The van der Waals surface area contributed by atoms with Crippen LogP contribution in [0.1, 0.15) is 50.6 Å². The van der Waals surface area contributed by atoms with Gasteiger partial charge < -0.3 is 15.1 Å². The van der Waals surface area contributed by atoms with Gasteiger partial charge in [0.05, 0.1) is 17.8 Å². The second-order valence-electron chi connectivity index (χ2n) is 7.51. The predicted octanol–water partition coefficient (Wildman–Crippen LogP) is 2.58. The molecular formula is C16H23F2N3O3. The van der Waals surface area contributed by atoms with Crippen LogP contribution >= 0.6 is 0 Å². The van der Waals surface area contributed by atoms with Crippen molar-refractivity contribution in [2.75, 3.05) is 0 Å². The molecule has 3 heterocycles. The molecule has 0 bridgehead atoms. The van der Waals surface area contributed by atoms with Gasteiger partial charge in [-0.05, 0) is 27.2 Å². The predicted molar refractivity (Wildman–Crippen MR) is 81.9 cm³/mol. The molecule has 2 N–H and O–H groups in total. The lowest BCUT2D eigenvalue weighted by Gasteiger charge is -2.31. The van der Waals surface area contributed by atoms with Crippen molar-refractivity contribution < 1.29 is 23.8 Å². The van der Waals surface area contributed by atoms with Crippen molar-refractivity contribution in [1.29, 1.82) is 0 Å². The molecule has 2 aliphatic rings. The van der Waals surface area contributed by atoms with Gasteiger partial charge in [0.1, 0.15) is 5.69 Å². The van der Waals surface area contributed by atoms with Crippen LogP contribution in [0.2, 0.25) is 0 Å². The Morgan fingerprint density at radius 1 is 1.42 bits per heavy atom. The fraction of sp³-hybridized carbons (Fsp3) is 0.750. The van der Waals surface area contributed by atoms with Gasteiger partial charge in [0.2, 0.25) is 0 Å². The first kappa shape index (κ1) is 17.1. The number of fused-ring (bicyclic) bond motifs is 3. The Kier molecular flexibility index (Phi) is 3.86. The summed E-state index contributed by atoms with van der Waals surface area (Å²) in [5.41, 5.74) is -0.379. The van der Waals surface area contributed by atoms with Gasteiger partial charge in [0.25, 0.3) is 5.92 Å². The van der Waals surface area contributed by atoms with Gasteiger partial charge in [-0.1, -0.05) is 0 Å². The number of nitrogens with zero attached hydrogens (tertiary/aromatic N) is 3. The number of carboxylic acid groups (broad SMARTS) is 1. The van der Waals surface area contributed by atoms with E-state index >= 15 is 0 Å². The Labute approximate surface area is 139 Å². The highest BCUT2D eigenvalue weighted by molar-refractivity contribution is 5.66. The van der Waals surface area contributed by atoms with Crippen molar-refractivity contribution in [2.24, 2.45) is 5.92 Å². The van der Waals surface area contributed by atoms with E-state index in [9.17, 15) is 23.8 Å². The van der Waals surface area contributed by atoms with Gasteiger partial charge in [0.15, 0.2) is 0 Å². The summed E-state index contributed by atoms with van der Waals surface area (Å²) in [7, 11) is 0. The molecule has 0 saturated heterocycles. The zero-order valence-corrected chi connectivity index (χ0v) is 14.1. The van der Waals surface area contributed by atoms with Crippen LogP contribution in [0.3, 0.4) is 0 Å². The molecule has 1 amide bonds. The Hall–Kier alpha value is -1.70. The number of hydrogen-bond acceptors (Lipinski definition) is 3. The maximum atomic E-state index is 14.8. The number of amides is 1. The molecule has 0 fully saturated rings. The largest absolute Gasteiger partial charge is 0.465 e. The number of hydrogen-bond donors (Lipinski definition) is 2. The van der Waals surface area contributed by atoms with Crippen molar-refractivity contribution in [1.82, 2.24) is 14.7 Å². The third kappa shape index (κ3) is 2.76. The van der Waals surface area contributed by atoms with Gasteiger partial charge in [-0.3, -0.25) is 4.68 Å². The minimum Gasteiger partial charge on any atom is -0.465 e. The summed E-state index contributed by atoms with van der Waals surface area (Å²) in [4.78, 5) is 12.5. The topological polar surface area (TPSA) is 78.6 Å². The molecule has 0 radical (unpaired) electrons. The first-order valence-corrected chi connectivity index (χ1v) is 8.19. The molecule has 134 valence electrons. The SMILES string of the molecule is CC1Cc2nn3c(c2CN1C(=O)O)C(F)(F)CCC(C(C)(C)O)C3. The third-order valence-electron chi connectivity index (χ3n) is 5.27. The Morgan fingerprint density at radius 3 is 2.67 bits per heavy atom. The van der Waals surface area contributed by atoms with Gasteiger partial charge >= 0.3 is 6.09 Å². The molecule has 2 aliphatic heterocycles. The summed E-state index contributed by atoms with van der Waals surface area (Å²) in [6.45, 7) is 5.14. The van der Waals surface area contributed by atoms with Crippen LogP contribution < -0.4 is 0 Å². The van der Waals surface area contributed by atoms with Crippen LogP contribution in [0, 0.1) is 5.92 Å². The van der Waals surface area contributed by atoms with Crippen molar-refractivity contribution in [2.45, 2.75) is 70.7 Å². The maximum absolute atomic E-state index is 14.8. The lowest BCUT2D eigenvalue weighted by Crippen LogP contribution is -2.42. The molecule has 24 heavy (non-hydrogen) atoms. The summed E-state index contributed by atoms with van der Waals surface area (Å²) < 4.78 is 30.8. The summed E-state index contributed by atoms with van der Waals surface area (Å²) in [6.07, 6.45) is -0.972. The molecule has 6 nitrogen and oxygen atoms in total. The maximum Gasteiger partial charge on any atom is 0.407 e. The van der Waals surface area contributed by atoms with E-state index in [4.69, 9.17) is 0 Å². The lowest BCUT2D eigenvalue weighted by atomic mass is 9.86. The van der Waals surface area contributed by atoms with Crippen LogP contribution in [0.4, 0.5) is 13.6 Å². The standard InChI is InChI=1S/C16H23F2N3O3/c1-9-6-12-11(8-20(9)14(22)23)13-16(17,18)5-4-10(15(2,3)24)7-21(13)19-12/h9-10,24H,4-8H2,1-3H3,(H,22,23). The summed E-state index contributed by atoms with van der Waals surface area (Å²) in [5, 5.41) is 23.9. The summed E-state index contributed by atoms with van der Waals surface area (Å²) in [5.74, 6) is -3.41. The van der Waals surface area contributed by atoms with Crippen molar-refractivity contribution in [3.63, 3.8) is 0 Å². The molecular weight excluding hydrogens is 320 g/mol. The minimum atomic E-state index is -3.08. The average Bonchev–Trinajstić information content (AvgIpc) is 2.71. The van der Waals surface area contributed by atoms with E-state index in [1.807, 2.05) is 0 Å². The zero-order valence-electron chi connectivity index (χ0n) is 14.1. The smallest absolute Gasteiger partial charge is 0.407 e. The summed E-state index contributed by atoms with van der Waals surface area (Å²) in [6, 6.07) is -0.298. The number of rotatable bonds is 1. The Morgan fingerprint density at radius 2 is 2.08 bits per heavy atom. The van der Waals surface area contributed by atoms with Crippen LogP contribution in [-0.2, 0) is 25.4 Å². The highest BCUT2D eigenvalue weighted by Crippen LogP contribution is 2.43. The number of alkyl halides is 2. The summed E-state index contributed by atoms with van der Waals surface area (Å²) >= 11 is 0. The molecule has 1 aromatic heterocycles. The van der Waals surface area contributed by atoms with Crippen LogP contribution in [0.5, 0.6) is 0 Å². The van der Waals surface area contributed by atoms with E-state index in [0.717, 1.165) is 0 Å². The molecule has 2 unspecified atom stereocenters. The molecule has 2 atom stereocenters. The van der Waals surface area contributed by atoms with E-state index in [1.165, 1.54) is 9.58 Å². The third-order valence-corrected chi connectivity index (χ3v) is 5.27. The van der Waals surface area contributed by atoms with E-state index in [0.29, 0.717) is 17.7 Å². The first-order chi connectivity index (χ1) is 11.0. The quantitative estimate of drug-likeness (QED) is 0.821. The average molecular weight is 343 g/mol. The lowest BCUT2D eigenvalue weighted by molar-refractivity contribution is -0.0337. The van der Waals surface area contributed by atoms with E-state index in [-0.39, 0.29) is 43.6 Å². The molecule has 0 aromatic carbocycles. The van der Waals surface area contributed by atoms with E-state index in [1.54, 1.807) is 20.8 Å². The molecule has 0 spiro atoms. The molecule has 0 aliphatic carbocycles. The van der Waals surface area contributed by atoms with E-state index < -0.39 is 17.6 Å². The Balaban J connectivity index is 2.06. The van der Waals surface area contributed by atoms with Crippen molar-refractivity contribution >= 4 is 6.09 Å². The highest BCUT2D eigenvalue weighted by atomic mass is 19.3. The van der Waals surface area contributed by atoms with Gasteiger partial charge in [-0.15, -0.1) is 0 Å². The first-order valence-electron chi connectivity index (χ1n) is 8.19. The van der Waals surface area contributed by atoms with Crippen LogP contribution in [-0.4, -0.2) is 42.6 Å². The molecule has 3 rings (SSSR count). The van der Waals surface area contributed by atoms with E-state index in [2.05, 4.69) is 5.10 Å². The molecule has 1 aromatic rings. The minimum absolute atomic E-state index is 0.0655. The van der Waals surface area contributed by atoms with Crippen LogP contribution in [0.25, 0.3) is 0 Å². The normalized spacial score (nSPS) is 26.5. The molecule has 8 heteroatoms. The number of halogens is 2. The molecule has 0 saturated carbocycles. The number of carbonyl (C=O) groups is 1. The second-order valence-corrected chi connectivity index (χ2v) is 7.51. The van der Waals surface area contributed by atoms with Crippen molar-refractivity contribution in [3.8, 4) is 0 Å².